The van der Waals surface area contributed by atoms with Crippen molar-refractivity contribution in [3.05, 3.63) is 35.6 Å². The van der Waals surface area contributed by atoms with Crippen LogP contribution in [0.1, 0.15) is 25.3 Å². The van der Waals surface area contributed by atoms with Gasteiger partial charge in [-0.3, -0.25) is 4.79 Å². The quantitative estimate of drug-likeness (QED) is 0.803. The van der Waals surface area contributed by atoms with Gasteiger partial charge in [0, 0.05) is 5.56 Å². The van der Waals surface area contributed by atoms with Gasteiger partial charge in [-0.1, -0.05) is 18.2 Å². The average molecular weight is 224 g/mol. The molecule has 0 unspecified atom stereocenters. The number of rotatable bonds is 2. The van der Waals surface area contributed by atoms with E-state index in [0.717, 1.165) is 0 Å². The fraction of sp³-hybridized carbons (Fsp3) is 0.417. The Morgan fingerprint density at radius 1 is 1.38 bits per heavy atom. The van der Waals surface area contributed by atoms with Crippen molar-refractivity contribution >= 4 is 5.97 Å². The van der Waals surface area contributed by atoms with Crippen molar-refractivity contribution in [3.63, 3.8) is 0 Å². The average Bonchev–Trinajstić information content (AvgIpc) is 2.14. The molecule has 1 aromatic rings. The van der Waals surface area contributed by atoms with Crippen LogP contribution in [0.2, 0.25) is 0 Å². The molecule has 0 aliphatic heterocycles. The Morgan fingerprint density at radius 2 is 1.94 bits per heavy atom. The predicted molar refractivity (Wildman–Crippen MR) is 55.6 cm³/mol. The van der Waals surface area contributed by atoms with E-state index in [1.807, 2.05) is 0 Å². The van der Waals surface area contributed by atoms with Gasteiger partial charge in [0.1, 0.15) is 11.2 Å². The summed E-state index contributed by atoms with van der Waals surface area (Å²) in [6.45, 7) is 1.56. The van der Waals surface area contributed by atoms with Gasteiger partial charge >= 0.3 is 5.97 Å². The molecule has 0 atom stereocenters. The van der Waals surface area contributed by atoms with Crippen molar-refractivity contribution in [1.29, 1.82) is 0 Å². The van der Waals surface area contributed by atoms with Gasteiger partial charge in [0.15, 0.2) is 0 Å². The second-order valence-corrected chi connectivity index (χ2v) is 4.72. The Bertz CT molecular complexity index is 432. The van der Waals surface area contributed by atoms with Gasteiger partial charge in [0.2, 0.25) is 0 Å². The highest BCUT2D eigenvalue weighted by atomic mass is 19.1. The number of carboxylic acid groups (broad SMARTS) is 1. The van der Waals surface area contributed by atoms with Crippen LogP contribution in [0.25, 0.3) is 0 Å². The molecule has 0 saturated heterocycles. The molecular formula is C12H13FO3. The van der Waals surface area contributed by atoms with E-state index in [9.17, 15) is 19.4 Å². The molecule has 0 aromatic heterocycles. The van der Waals surface area contributed by atoms with Crippen LogP contribution in [0.15, 0.2) is 24.3 Å². The number of benzene rings is 1. The number of aliphatic carboxylic acids is 1. The van der Waals surface area contributed by atoms with Gasteiger partial charge in [0.05, 0.1) is 5.60 Å². The molecule has 86 valence electrons. The molecule has 1 aliphatic carbocycles. The van der Waals surface area contributed by atoms with Crippen LogP contribution >= 0.6 is 0 Å². The molecule has 0 bridgehead atoms. The molecular weight excluding hydrogens is 211 g/mol. The first-order valence-electron chi connectivity index (χ1n) is 5.08. The zero-order chi connectivity index (χ0) is 12.0. The summed E-state index contributed by atoms with van der Waals surface area (Å²) < 4.78 is 13.6. The summed E-state index contributed by atoms with van der Waals surface area (Å²) in [5, 5.41) is 18.9. The minimum atomic E-state index is -1.27. The van der Waals surface area contributed by atoms with Crippen LogP contribution in [0.3, 0.4) is 0 Å². The first-order chi connectivity index (χ1) is 7.37. The van der Waals surface area contributed by atoms with E-state index < -0.39 is 22.8 Å². The third-order valence-electron chi connectivity index (χ3n) is 3.16. The summed E-state index contributed by atoms with van der Waals surface area (Å²) in [6.07, 6.45) is 0.104. The molecule has 0 spiro atoms. The van der Waals surface area contributed by atoms with Crippen LogP contribution in [-0.2, 0) is 10.2 Å². The van der Waals surface area contributed by atoms with E-state index in [1.165, 1.54) is 18.2 Å². The molecule has 0 heterocycles. The summed E-state index contributed by atoms with van der Waals surface area (Å²) in [4.78, 5) is 11.3. The Morgan fingerprint density at radius 3 is 2.38 bits per heavy atom. The Kier molecular flexibility index (Phi) is 2.27. The molecule has 2 N–H and O–H groups in total. The SMILES string of the molecule is CC1(O)CC(C(=O)O)(c2ccccc2F)C1. The molecule has 3 nitrogen and oxygen atoms in total. The molecule has 2 rings (SSSR count). The largest absolute Gasteiger partial charge is 0.481 e. The molecule has 1 aromatic carbocycles. The first kappa shape index (κ1) is 11.1. The van der Waals surface area contributed by atoms with E-state index >= 15 is 0 Å². The zero-order valence-electron chi connectivity index (χ0n) is 8.90. The Labute approximate surface area is 92.5 Å². The first-order valence-corrected chi connectivity index (χ1v) is 5.08. The third-order valence-corrected chi connectivity index (χ3v) is 3.16. The summed E-state index contributed by atoms with van der Waals surface area (Å²) in [5.74, 6) is -1.61. The maximum atomic E-state index is 13.6. The highest BCUT2D eigenvalue weighted by Gasteiger charge is 2.58. The maximum absolute atomic E-state index is 13.6. The second kappa shape index (κ2) is 3.28. The second-order valence-electron chi connectivity index (χ2n) is 4.72. The van der Waals surface area contributed by atoms with Crippen molar-refractivity contribution in [3.8, 4) is 0 Å². The van der Waals surface area contributed by atoms with Crippen molar-refractivity contribution < 1.29 is 19.4 Å². The number of aliphatic hydroxyl groups is 1. The van der Waals surface area contributed by atoms with Crippen LogP contribution in [0.5, 0.6) is 0 Å². The van der Waals surface area contributed by atoms with E-state index in [2.05, 4.69) is 0 Å². The van der Waals surface area contributed by atoms with E-state index in [0.29, 0.717) is 0 Å². The lowest BCUT2D eigenvalue weighted by atomic mass is 9.56. The van der Waals surface area contributed by atoms with Crippen LogP contribution in [-0.4, -0.2) is 21.8 Å². The molecule has 1 saturated carbocycles. The van der Waals surface area contributed by atoms with Crippen molar-refractivity contribution in [2.75, 3.05) is 0 Å². The van der Waals surface area contributed by atoms with Crippen LogP contribution in [0.4, 0.5) is 4.39 Å². The summed E-state index contributed by atoms with van der Waals surface area (Å²) >= 11 is 0. The standard InChI is InChI=1S/C12H13FO3/c1-11(16)6-12(7-11,10(14)15)8-4-2-3-5-9(8)13/h2-5,16H,6-7H2,1H3,(H,14,15). The number of halogens is 1. The fourth-order valence-electron chi connectivity index (χ4n) is 2.55. The molecule has 1 fully saturated rings. The smallest absolute Gasteiger partial charge is 0.314 e. The van der Waals surface area contributed by atoms with Gasteiger partial charge in [-0.15, -0.1) is 0 Å². The fourth-order valence-corrected chi connectivity index (χ4v) is 2.55. The van der Waals surface area contributed by atoms with Gasteiger partial charge in [-0.25, -0.2) is 4.39 Å². The Balaban J connectivity index is 2.44. The van der Waals surface area contributed by atoms with Crippen molar-refractivity contribution in [2.24, 2.45) is 0 Å². The van der Waals surface area contributed by atoms with Gasteiger partial charge in [0.25, 0.3) is 0 Å². The summed E-state index contributed by atoms with van der Waals surface area (Å²) in [7, 11) is 0. The lowest BCUT2D eigenvalue weighted by Crippen LogP contribution is -2.57. The van der Waals surface area contributed by atoms with Gasteiger partial charge in [-0.2, -0.15) is 0 Å². The molecule has 0 radical (unpaired) electrons. The van der Waals surface area contributed by atoms with Crippen LogP contribution in [0, 0.1) is 5.82 Å². The van der Waals surface area contributed by atoms with Gasteiger partial charge in [-0.05, 0) is 25.8 Å². The highest BCUT2D eigenvalue weighted by molar-refractivity contribution is 5.83. The zero-order valence-corrected chi connectivity index (χ0v) is 8.90. The van der Waals surface area contributed by atoms with E-state index in [1.54, 1.807) is 13.0 Å². The highest BCUT2D eigenvalue weighted by Crippen LogP contribution is 2.50. The molecule has 0 amide bonds. The topological polar surface area (TPSA) is 57.5 Å². The monoisotopic (exact) mass is 224 g/mol. The molecule has 16 heavy (non-hydrogen) atoms. The minimum absolute atomic E-state index is 0.0519. The van der Waals surface area contributed by atoms with Gasteiger partial charge < -0.3 is 10.2 Å². The Hall–Kier alpha value is -1.42. The third kappa shape index (κ3) is 1.50. The lowest BCUT2D eigenvalue weighted by Gasteiger charge is -2.49. The number of carbonyl (C=O) groups is 1. The normalized spacial score (nSPS) is 33.2. The summed E-state index contributed by atoms with van der Waals surface area (Å²) in [5.41, 5.74) is -2.12. The lowest BCUT2D eigenvalue weighted by molar-refractivity contribution is -0.162. The molecule has 4 heteroatoms. The number of carboxylic acids is 1. The van der Waals surface area contributed by atoms with E-state index in [4.69, 9.17) is 0 Å². The number of hydrogen-bond acceptors (Lipinski definition) is 2. The van der Waals surface area contributed by atoms with E-state index in [-0.39, 0.29) is 18.4 Å². The maximum Gasteiger partial charge on any atom is 0.314 e. The predicted octanol–water partition coefficient (Wildman–Crippen LogP) is 1.69. The molecule has 1 aliphatic rings. The summed E-state index contributed by atoms with van der Waals surface area (Å²) in [6, 6.07) is 5.84. The van der Waals surface area contributed by atoms with Crippen molar-refractivity contribution in [1.82, 2.24) is 0 Å². The number of hydrogen-bond donors (Lipinski definition) is 2. The van der Waals surface area contributed by atoms with Crippen LogP contribution < -0.4 is 0 Å². The van der Waals surface area contributed by atoms with Crippen molar-refractivity contribution in [2.45, 2.75) is 30.8 Å². The minimum Gasteiger partial charge on any atom is -0.481 e.